The highest BCUT2D eigenvalue weighted by Crippen LogP contribution is 2.35. The number of hydrazine groups is 1. The first-order valence-electron chi connectivity index (χ1n) is 9.30. The van der Waals surface area contributed by atoms with Crippen LogP contribution < -0.4 is 15.5 Å². The van der Waals surface area contributed by atoms with Gasteiger partial charge in [-0.1, -0.05) is 19.1 Å². The molecule has 0 radical (unpaired) electrons. The molecule has 1 aromatic carbocycles. The van der Waals surface area contributed by atoms with Gasteiger partial charge in [0, 0.05) is 0 Å². The summed E-state index contributed by atoms with van der Waals surface area (Å²) in [5.74, 6) is -2.00. The van der Waals surface area contributed by atoms with Crippen LogP contribution >= 0.6 is 0 Å². The smallest absolute Gasteiger partial charge is 0.322 e. The van der Waals surface area contributed by atoms with Gasteiger partial charge in [-0.2, -0.15) is 9.73 Å². The number of carbonyl (C=O) groups excluding carboxylic acids is 3. The largest absolute Gasteiger partial charge is 0.344 e. The zero-order chi connectivity index (χ0) is 21.4. The second-order valence-electron chi connectivity index (χ2n) is 7.58. The predicted molar refractivity (Wildman–Crippen MR) is 100 cm³/mol. The van der Waals surface area contributed by atoms with Crippen molar-refractivity contribution in [3.63, 3.8) is 0 Å². The van der Waals surface area contributed by atoms with E-state index in [4.69, 9.17) is 0 Å². The molecule has 0 bridgehead atoms. The van der Waals surface area contributed by atoms with E-state index in [0.29, 0.717) is 23.8 Å². The van der Waals surface area contributed by atoms with Crippen molar-refractivity contribution < 1.29 is 27.2 Å². The quantitative estimate of drug-likeness (QED) is 0.607. The van der Waals surface area contributed by atoms with Crippen LogP contribution in [0.15, 0.2) is 29.2 Å². The molecule has 0 aromatic heterocycles. The number of benzene rings is 1. The number of amides is 4. The third-order valence-electron chi connectivity index (χ3n) is 5.36. The molecule has 1 atom stereocenters. The maximum Gasteiger partial charge on any atom is 0.344 e. The summed E-state index contributed by atoms with van der Waals surface area (Å²) in [7, 11) is -4.32. The van der Waals surface area contributed by atoms with E-state index in [2.05, 4.69) is 17.7 Å². The van der Waals surface area contributed by atoms with Gasteiger partial charge in [-0.3, -0.25) is 15.0 Å². The fraction of sp³-hybridized carbons (Fsp3) is 0.500. The minimum absolute atomic E-state index is 0.446. The Bertz CT molecular complexity index is 943. The number of imide groups is 1. The van der Waals surface area contributed by atoms with Gasteiger partial charge >= 0.3 is 6.03 Å². The average Bonchev–Trinajstić information content (AvgIpc) is 2.88. The Kier molecular flexibility index (Phi) is 5.63. The lowest BCUT2D eigenvalue weighted by Gasteiger charge is -2.33. The molecule has 2 fully saturated rings. The van der Waals surface area contributed by atoms with Crippen LogP contribution in [0.4, 0.5) is 9.18 Å². The molecule has 1 saturated heterocycles. The first-order valence-corrected chi connectivity index (χ1v) is 10.8. The summed E-state index contributed by atoms with van der Waals surface area (Å²) in [6, 6.07) is 2.61. The fourth-order valence-electron chi connectivity index (χ4n) is 3.54. The maximum atomic E-state index is 13.8. The number of hydrogen-bond acceptors (Lipinski definition) is 5. The van der Waals surface area contributed by atoms with Crippen molar-refractivity contribution in [3.8, 4) is 0 Å². The van der Waals surface area contributed by atoms with Gasteiger partial charge in [0.2, 0.25) is 10.0 Å². The predicted octanol–water partition coefficient (Wildman–Crippen LogP) is 1.02. The van der Waals surface area contributed by atoms with Gasteiger partial charge in [-0.25, -0.2) is 17.6 Å². The summed E-state index contributed by atoms with van der Waals surface area (Å²) >= 11 is 0. The Morgan fingerprint density at radius 1 is 1.28 bits per heavy atom. The molecule has 3 N–H and O–H groups in total. The molecule has 1 aliphatic heterocycles. The molecular formula is C18H23FN4O5S. The van der Waals surface area contributed by atoms with E-state index < -0.39 is 50.2 Å². The lowest BCUT2D eigenvalue weighted by Crippen LogP contribution is -2.55. The molecule has 0 unspecified atom stereocenters. The SMILES string of the molecule is CC1CCC2(CC1)NC(=O)N(NC(=O)[C@H](C)NS(=O)(=O)c1ccccc1F)C2=O. The Labute approximate surface area is 168 Å². The van der Waals surface area contributed by atoms with E-state index >= 15 is 0 Å². The van der Waals surface area contributed by atoms with Crippen molar-refractivity contribution in [2.75, 3.05) is 0 Å². The van der Waals surface area contributed by atoms with Gasteiger partial charge in [0.1, 0.15) is 16.3 Å². The summed E-state index contributed by atoms with van der Waals surface area (Å²) in [6.07, 6.45) is 2.49. The summed E-state index contributed by atoms with van der Waals surface area (Å²) in [5.41, 5.74) is 1.13. The van der Waals surface area contributed by atoms with Crippen molar-refractivity contribution in [1.29, 1.82) is 0 Å². The third kappa shape index (κ3) is 4.10. The van der Waals surface area contributed by atoms with Crippen LogP contribution in [-0.2, 0) is 19.6 Å². The molecule has 158 valence electrons. The topological polar surface area (TPSA) is 125 Å². The van der Waals surface area contributed by atoms with Crippen molar-refractivity contribution in [2.45, 2.75) is 56.0 Å². The van der Waals surface area contributed by atoms with Crippen LogP contribution in [-0.4, -0.2) is 42.9 Å². The number of sulfonamides is 1. The summed E-state index contributed by atoms with van der Waals surface area (Å²) in [6.45, 7) is 3.29. The monoisotopic (exact) mass is 426 g/mol. The molecular weight excluding hydrogens is 403 g/mol. The maximum absolute atomic E-state index is 13.8. The number of urea groups is 1. The molecule has 3 rings (SSSR count). The van der Waals surface area contributed by atoms with Crippen molar-refractivity contribution in [2.24, 2.45) is 5.92 Å². The fourth-order valence-corrected chi connectivity index (χ4v) is 4.82. The van der Waals surface area contributed by atoms with Crippen LogP contribution in [0.3, 0.4) is 0 Å². The molecule has 1 aliphatic carbocycles. The van der Waals surface area contributed by atoms with Crippen LogP contribution in [0, 0.1) is 11.7 Å². The van der Waals surface area contributed by atoms with Gasteiger partial charge in [-0.15, -0.1) is 0 Å². The molecule has 4 amide bonds. The van der Waals surface area contributed by atoms with Crippen LogP contribution in [0.2, 0.25) is 0 Å². The molecule has 11 heteroatoms. The van der Waals surface area contributed by atoms with Crippen molar-refractivity contribution >= 4 is 27.9 Å². The van der Waals surface area contributed by atoms with E-state index in [0.717, 1.165) is 25.0 Å². The third-order valence-corrected chi connectivity index (χ3v) is 6.94. The van der Waals surface area contributed by atoms with Crippen LogP contribution in [0.1, 0.15) is 39.5 Å². The van der Waals surface area contributed by atoms with E-state index in [1.807, 2.05) is 4.72 Å². The van der Waals surface area contributed by atoms with Crippen LogP contribution in [0.25, 0.3) is 0 Å². The lowest BCUT2D eigenvalue weighted by atomic mass is 9.77. The molecule has 29 heavy (non-hydrogen) atoms. The first kappa shape index (κ1) is 21.2. The number of halogens is 1. The second-order valence-corrected chi connectivity index (χ2v) is 9.27. The number of nitrogens with one attached hydrogen (secondary N) is 3. The van der Waals surface area contributed by atoms with E-state index in [1.165, 1.54) is 19.1 Å². The van der Waals surface area contributed by atoms with Crippen molar-refractivity contribution in [3.05, 3.63) is 30.1 Å². The standard InChI is InChI=1S/C18H23FN4O5S/c1-11-7-9-18(10-8-11)16(25)23(17(26)20-18)21-15(24)12(2)22-29(27,28)14-6-4-3-5-13(14)19/h3-6,11-12,22H,7-10H2,1-2H3,(H,20,26)(H,21,24)/t11?,12-,18?/m0/s1. The number of nitrogens with zero attached hydrogens (tertiary/aromatic N) is 1. The molecule has 2 aliphatic rings. The summed E-state index contributed by atoms with van der Waals surface area (Å²) in [5, 5.41) is 3.24. The highest BCUT2D eigenvalue weighted by Gasteiger charge is 2.53. The Balaban J connectivity index is 1.67. The van der Waals surface area contributed by atoms with Gasteiger partial charge < -0.3 is 5.32 Å². The molecule has 1 spiro atoms. The minimum Gasteiger partial charge on any atom is -0.322 e. The van der Waals surface area contributed by atoms with Gasteiger partial charge in [-0.05, 0) is 50.7 Å². The molecule has 1 heterocycles. The van der Waals surface area contributed by atoms with Crippen molar-refractivity contribution in [1.82, 2.24) is 20.5 Å². The first-order chi connectivity index (χ1) is 13.6. The zero-order valence-corrected chi connectivity index (χ0v) is 16.9. The summed E-state index contributed by atoms with van der Waals surface area (Å²) in [4.78, 5) is 36.8. The van der Waals surface area contributed by atoms with Gasteiger partial charge in [0.05, 0.1) is 6.04 Å². The average molecular weight is 426 g/mol. The van der Waals surface area contributed by atoms with E-state index in [-0.39, 0.29) is 0 Å². The normalized spacial score (nSPS) is 25.8. The van der Waals surface area contributed by atoms with E-state index in [1.54, 1.807) is 0 Å². The minimum atomic E-state index is -4.32. The molecule has 1 aromatic rings. The Hall–Kier alpha value is -2.53. The molecule has 9 nitrogen and oxygen atoms in total. The Morgan fingerprint density at radius 3 is 2.52 bits per heavy atom. The van der Waals surface area contributed by atoms with E-state index in [9.17, 15) is 27.2 Å². The van der Waals surface area contributed by atoms with Gasteiger partial charge in [0.15, 0.2) is 0 Å². The highest BCUT2D eigenvalue weighted by atomic mass is 32.2. The molecule has 1 saturated carbocycles. The van der Waals surface area contributed by atoms with Crippen LogP contribution in [0.5, 0.6) is 0 Å². The second kappa shape index (κ2) is 7.71. The zero-order valence-electron chi connectivity index (χ0n) is 16.1. The number of carbonyl (C=O) groups is 3. The lowest BCUT2D eigenvalue weighted by molar-refractivity contribution is -0.140. The highest BCUT2D eigenvalue weighted by molar-refractivity contribution is 7.89. The Morgan fingerprint density at radius 2 is 1.90 bits per heavy atom. The number of hydrogen-bond donors (Lipinski definition) is 3. The summed E-state index contributed by atoms with van der Waals surface area (Å²) < 4.78 is 40.4. The number of rotatable bonds is 5. The van der Waals surface area contributed by atoms with Gasteiger partial charge in [0.25, 0.3) is 11.8 Å².